The van der Waals surface area contributed by atoms with Gasteiger partial charge in [-0.15, -0.1) is 11.3 Å². The molecule has 0 fully saturated rings. The molecule has 8 heteroatoms. The monoisotopic (exact) mass is 307 g/mol. The highest BCUT2D eigenvalue weighted by Gasteiger charge is 2.18. The molecule has 0 spiro atoms. The third-order valence-electron chi connectivity index (χ3n) is 2.90. The average molecular weight is 307 g/mol. The van der Waals surface area contributed by atoms with Crippen LogP contribution in [0.2, 0.25) is 0 Å². The number of aromatic nitrogens is 1. The number of nitrogens with zero attached hydrogens (tertiary/aromatic N) is 3. The molecule has 0 aliphatic rings. The molecule has 1 N–H and O–H groups in total. The van der Waals surface area contributed by atoms with Gasteiger partial charge in [-0.2, -0.15) is 0 Å². The van der Waals surface area contributed by atoms with Gasteiger partial charge in [-0.25, -0.2) is 9.78 Å². The van der Waals surface area contributed by atoms with Crippen LogP contribution in [-0.2, 0) is 6.54 Å². The van der Waals surface area contributed by atoms with Gasteiger partial charge in [-0.1, -0.05) is 0 Å². The summed E-state index contributed by atoms with van der Waals surface area (Å²) in [5.74, 6) is -1.20. The fraction of sp³-hybridized carbons (Fsp3) is 0.231. The Morgan fingerprint density at radius 1 is 1.52 bits per heavy atom. The summed E-state index contributed by atoms with van der Waals surface area (Å²) in [6, 6.07) is 3.81. The van der Waals surface area contributed by atoms with Crippen molar-refractivity contribution in [1.29, 1.82) is 0 Å². The number of aryl methyl sites for hydroxylation is 1. The SMILES string of the molecule is Cc1nc(CN(C)c2ccc([N+](=O)[O-])cc2C(=O)O)cs1. The zero-order chi connectivity index (χ0) is 15.6. The van der Waals surface area contributed by atoms with Crippen molar-refractivity contribution in [2.24, 2.45) is 0 Å². The molecule has 0 unspecified atom stereocenters. The molecule has 0 aliphatic heterocycles. The lowest BCUT2D eigenvalue weighted by Crippen LogP contribution is -2.19. The lowest BCUT2D eigenvalue weighted by Gasteiger charge is -2.20. The molecule has 0 saturated carbocycles. The van der Waals surface area contributed by atoms with Gasteiger partial charge in [0, 0.05) is 24.6 Å². The minimum Gasteiger partial charge on any atom is -0.478 e. The molecule has 0 atom stereocenters. The first-order valence-electron chi connectivity index (χ1n) is 6.02. The molecule has 0 aliphatic carbocycles. The Labute approximate surface area is 124 Å². The van der Waals surface area contributed by atoms with E-state index in [0.717, 1.165) is 16.8 Å². The van der Waals surface area contributed by atoms with Crippen molar-refractivity contribution in [1.82, 2.24) is 4.98 Å². The van der Waals surface area contributed by atoms with E-state index in [1.807, 2.05) is 12.3 Å². The van der Waals surface area contributed by atoms with Crippen LogP contribution in [0.1, 0.15) is 21.1 Å². The van der Waals surface area contributed by atoms with E-state index < -0.39 is 10.9 Å². The number of carbonyl (C=O) groups is 1. The fourth-order valence-corrected chi connectivity index (χ4v) is 2.55. The molecule has 0 amide bonds. The van der Waals surface area contributed by atoms with Crippen LogP contribution < -0.4 is 4.90 Å². The van der Waals surface area contributed by atoms with Crippen LogP contribution in [-0.4, -0.2) is 28.0 Å². The number of hydrogen-bond donors (Lipinski definition) is 1. The summed E-state index contributed by atoms with van der Waals surface area (Å²) < 4.78 is 0. The van der Waals surface area contributed by atoms with E-state index >= 15 is 0 Å². The van der Waals surface area contributed by atoms with Crippen molar-refractivity contribution in [2.45, 2.75) is 13.5 Å². The number of hydrogen-bond acceptors (Lipinski definition) is 6. The third-order valence-corrected chi connectivity index (χ3v) is 3.72. The number of benzene rings is 1. The summed E-state index contributed by atoms with van der Waals surface area (Å²) in [6.45, 7) is 2.32. The van der Waals surface area contributed by atoms with E-state index in [-0.39, 0.29) is 11.3 Å². The minimum atomic E-state index is -1.20. The van der Waals surface area contributed by atoms with Gasteiger partial charge in [0.05, 0.1) is 33.4 Å². The molecule has 21 heavy (non-hydrogen) atoms. The Morgan fingerprint density at radius 3 is 2.76 bits per heavy atom. The van der Waals surface area contributed by atoms with E-state index in [4.69, 9.17) is 0 Å². The van der Waals surface area contributed by atoms with Crippen LogP contribution in [0.25, 0.3) is 0 Å². The van der Waals surface area contributed by atoms with Crippen molar-refractivity contribution in [2.75, 3.05) is 11.9 Å². The first kappa shape index (κ1) is 14.9. The van der Waals surface area contributed by atoms with Crippen LogP contribution in [0, 0.1) is 17.0 Å². The fourth-order valence-electron chi connectivity index (χ4n) is 1.95. The van der Waals surface area contributed by atoms with Crippen molar-refractivity contribution in [3.63, 3.8) is 0 Å². The van der Waals surface area contributed by atoms with Gasteiger partial charge in [-0.05, 0) is 13.0 Å². The van der Waals surface area contributed by atoms with Gasteiger partial charge in [0.25, 0.3) is 5.69 Å². The average Bonchev–Trinajstić information content (AvgIpc) is 2.83. The van der Waals surface area contributed by atoms with E-state index in [9.17, 15) is 20.0 Å². The summed E-state index contributed by atoms with van der Waals surface area (Å²) in [6.07, 6.45) is 0. The number of nitro groups is 1. The molecule has 7 nitrogen and oxygen atoms in total. The van der Waals surface area contributed by atoms with Crippen molar-refractivity contribution >= 4 is 28.7 Å². The second-order valence-electron chi connectivity index (χ2n) is 4.48. The number of aromatic carboxylic acids is 1. The summed E-state index contributed by atoms with van der Waals surface area (Å²) in [5.41, 5.74) is 0.904. The predicted octanol–water partition coefficient (Wildman–Crippen LogP) is 2.69. The summed E-state index contributed by atoms with van der Waals surface area (Å²) >= 11 is 1.52. The summed E-state index contributed by atoms with van der Waals surface area (Å²) in [7, 11) is 1.72. The Morgan fingerprint density at radius 2 is 2.24 bits per heavy atom. The normalized spacial score (nSPS) is 10.4. The maximum Gasteiger partial charge on any atom is 0.338 e. The molecular formula is C13H13N3O4S. The molecule has 0 radical (unpaired) electrons. The standard InChI is InChI=1S/C13H13N3O4S/c1-8-14-9(7-21-8)6-15(2)12-4-3-10(16(19)20)5-11(12)13(17)18/h3-5,7H,6H2,1-2H3,(H,17,18). The number of thiazole rings is 1. The highest BCUT2D eigenvalue weighted by Crippen LogP contribution is 2.26. The van der Waals surface area contributed by atoms with Crippen LogP contribution in [0.15, 0.2) is 23.6 Å². The summed E-state index contributed by atoms with van der Waals surface area (Å²) in [5, 5.41) is 22.8. The van der Waals surface area contributed by atoms with Crippen molar-refractivity contribution in [3.05, 3.63) is 50.0 Å². The van der Waals surface area contributed by atoms with Crippen LogP contribution >= 0.6 is 11.3 Å². The Kier molecular flexibility index (Phi) is 4.18. The van der Waals surface area contributed by atoms with Gasteiger partial charge in [-0.3, -0.25) is 10.1 Å². The second kappa shape index (κ2) is 5.88. The van der Waals surface area contributed by atoms with E-state index in [1.165, 1.54) is 23.5 Å². The Balaban J connectivity index is 2.33. The zero-order valence-electron chi connectivity index (χ0n) is 11.4. The van der Waals surface area contributed by atoms with Gasteiger partial charge in [0.2, 0.25) is 0 Å². The number of non-ortho nitro benzene ring substituents is 1. The van der Waals surface area contributed by atoms with Gasteiger partial charge in [0.1, 0.15) is 0 Å². The smallest absolute Gasteiger partial charge is 0.338 e. The van der Waals surface area contributed by atoms with Crippen molar-refractivity contribution in [3.8, 4) is 0 Å². The lowest BCUT2D eigenvalue weighted by molar-refractivity contribution is -0.384. The first-order valence-corrected chi connectivity index (χ1v) is 6.90. The van der Waals surface area contributed by atoms with Gasteiger partial charge < -0.3 is 10.0 Å². The summed E-state index contributed by atoms with van der Waals surface area (Å²) in [4.78, 5) is 27.5. The Hall–Kier alpha value is -2.48. The quantitative estimate of drug-likeness (QED) is 0.674. The van der Waals surface area contributed by atoms with E-state index in [1.54, 1.807) is 11.9 Å². The molecule has 0 bridgehead atoms. The van der Waals surface area contributed by atoms with Crippen LogP contribution in [0.4, 0.5) is 11.4 Å². The van der Waals surface area contributed by atoms with E-state index in [2.05, 4.69) is 4.98 Å². The molecular weight excluding hydrogens is 294 g/mol. The largest absolute Gasteiger partial charge is 0.478 e. The number of carboxylic acids is 1. The maximum absolute atomic E-state index is 11.3. The Bertz CT molecular complexity index is 698. The molecule has 0 saturated heterocycles. The zero-order valence-corrected chi connectivity index (χ0v) is 12.3. The van der Waals surface area contributed by atoms with E-state index in [0.29, 0.717) is 12.2 Å². The van der Waals surface area contributed by atoms with Gasteiger partial charge in [0.15, 0.2) is 0 Å². The number of anilines is 1. The van der Waals surface area contributed by atoms with Gasteiger partial charge >= 0.3 is 5.97 Å². The topological polar surface area (TPSA) is 96.6 Å². The molecule has 110 valence electrons. The second-order valence-corrected chi connectivity index (χ2v) is 5.54. The minimum absolute atomic E-state index is 0.0985. The molecule has 1 heterocycles. The van der Waals surface area contributed by atoms with Crippen LogP contribution in [0.5, 0.6) is 0 Å². The first-order chi connectivity index (χ1) is 9.88. The molecule has 1 aromatic heterocycles. The number of rotatable bonds is 5. The third kappa shape index (κ3) is 3.34. The van der Waals surface area contributed by atoms with Crippen molar-refractivity contribution < 1.29 is 14.8 Å². The highest BCUT2D eigenvalue weighted by atomic mass is 32.1. The number of carboxylic acid groups (broad SMARTS) is 1. The maximum atomic E-state index is 11.3. The molecule has 2 rings (SSSR count). The lowest BCUT2D eigenvalue weighted by atomic mass is 10.1. The highest BCUT2D eigenvalue weighted by molar-refractivity contribution is 7.09. The molecule has 2 aromatic rings. The predicted molar refractivity (Wildman–Crippen MR) is 79.0 cm³/mol. The van der Waals surface area contributed by atoms with Crippen LogP contribution in [0.3, 0.4) is 0 Å². The molecule has 1 aromatic carbocycles. The number of nitro benzene ring substituents is 1.